The summed E-state index contributed by atoms with van der Waals surface area (Å²) in [6.45, 7) is 9.92. The molecule has 1 aliphatic rings. The Morgan fingerprint density at radius 1 is 1.12 bits per heavy atom. The summed E-state index contributed by atoms with van der Waals surface area (Å²) in [6, 6.07) is 12.3. The molecule has 0 atom stereocenters. The summed E-state index contributed by atoms with van der Waals surface area (Å²) in [5, 5.41) is 3.16. The molecule has 1 aliphatic heterocycles. The number of piperidine rings is 1. The number of hydrogen-bond acceptors (Lipinski definition) is 2. The third-order valence-corrected chi connectivity index (χ3v) is 5.91. The Morgan fingerprint density at radius 3 is 2.38 bits per heavy atom. The van der Waals surface area contributed by atoms with Crippen LogP contribution in [0.2, 0.25) is 0 Å². The van der Waals surface area contributed by atoms with Crippen LogP contribution in [0.5, 0.6) is 0 Å². The zero-order valence-corrected chi connectivity index (χ0v) is 16.2. The first-order valence-electron chi connectivity index (χ1n) is 9.65. The third-order valence-electron chi connectivity index (χ3n) is 5.91. The molecule has 1 N–H and O–H groups in total. The fourth-order valence-electron chi connectivity index (χ4n) is 4.11. The predicted molar refractivity (Wildman–Crippen MR) is 106 cm³/mol. The number of nitrogens with one attached hydrogen (secondary N) is 1. The largest absolute Gasteiger partial charge is 0.321 e. The van der Waals surface area contributed by atoms with E-state index >= 15 is 0 Å². The van der Waals surface area contributed by atoms with Crippen molar-refractivity contribution in [2.24, 2.45) is 0 Å². The van der Waals surface area contributed by atoms with Crippen LogP contribution in [-0.2, 0) is 4.79 Å². The number of carbonyl (C=O) groups excluding carboxylic acids is 1. The van der Waals surface area contributed by atoms with E-state index in [-0.39, 0.29) is 5.91 Å². The molecule has 0 bridgehead atoms. The van der Waals surface area contributed by atoms with E-state index < -0.39 is 0 Å². The van der Waals surface area contributed by atoms with E-state index in [1.54, 1.807) is 0 Å². The van der Waals surface area contributed by atoms with Gasteiger partial charge in [-0.2, -0.15) is 0 Å². The maximum Gasteiger partial charge on any atom is 0.279 e. The van der Waals surface area contributed by atoms with Crippen molar-refractivity contribution in [2.75, 3.05) is 31.5 Å². The molecule has 0 unspecified atom stereocenters. The SMILES string of the molecule is CC[N+]1(CC(=O)Nc2c(C)cccc2C)CCC(c2ccccn2)CC1. The maximum atomic E-state index is 12.8. The van der Waals surface area contributed by atoms with Crippen LogP contribution in [0.4, 0.5) is 5.69 Å². The second-order valence-electron chi connectivity index (χ2n) is 7.61. The molecule has 4 nitrogen and oxygen atoms in total. The second kappa shape index (κ2) is 8.00. The Balaban J connectivity index is 1.63. The Hall–Kier alpha value is -2.20. The highest BCUT2D eigenvalue weighted by Gasteiger charge is 2.35. The van der Waals surface area contributed by atoms with E-state index in [4.69, 9.17) is 0 Å². The fraction of sp³-hybridized carbons (Fsp3) is 0.455. The Kier molecular flexibility index (Phi) is 5.72. The molecule has 138 valence electrons. The topological polar surface area (TPSA) is 42.0 Å². The van der Waals surface area contributed by atoms with Gasteiger partial charge in [-0.3, -0.25) is 9.78 Å². The average molecular weight is 353 g/mol. The zero-order chi connectivity index (χ0) is 18.6. The molecule has 1 fully saturated rings. The van der Waals surface area contributed by atoms with Gasteiger partial charge in [-0.25, -0.2) is 0 Å². The number of para-hydroxylation sites is 1. The molecule has 0 spiro atoms. The molecule has 0 saturated carbocycles. The molecule has 0 radical (unpaired) electrons. The van der Waals surface area contributed by atoms with Crippen LogP contribution >= 0.6 is 0 Å². The molecular formula is C22H30N3O+. The van der Waals surface area contributed by atoms with Gasteiger partial charge in [0.25, 0.3) is 5.91 Å². The van der Waals surface area contributed by atoms with E-state index in [0.717, 1.165) is 53.8 Å². The summed E-state index contributed by atoms with van der Waals surface area (Å²) in [7, 11) is 0. The van der Waals surface area contributed by atoms with Crippen molar-refractivity contribution in [3.05, 3.63) is 59.4 Å². The van der Waals surface area contributed by atoms with Gasteiger partial charge in [0, 0.05) is 36.3 Å². The number of hydrogen-bond donors (Lipinski definition) is 1. The van der Waals surface area contributed by atoms with Crippen LogP contribution in [0.3, 0.4) is 0 Å². The van der Waals surface area contributed by atoms with Crippen LogP contribution in [-0.4, -0.2) is 41.6 Å². The highest BCUT2D eigenvalue weighted by molar-refractivity contribution is 5.93. The molecule has 3 rings (SSSR count). The summed E-state index contributed by atoms with van der Waals surface area (Å²) in [5.41, 5.74) is 4.40. The first-order chi connectivity index (χ1) is 12.5. The number of likely N-dealkylation sites (N-methyl/N-ethyl adjacent to an activating group) is 1. The quantitative estimate of drug-likeness (QED) is 0.825. The zero-order valence-electron chi connectivity index (χ0n) is 16.2. The second-order valence-corrected chi connectivity index (χ2v) is 7.61. The van der Waals surface area contributed by atoms with Gasteiger partial charge in [0.1, 0.15) is 0 Å². The van der Waals surface area contributed by atoms with E-state index in [0.29, 0.717) is 12.5 Å². The molecular weight excluding hydrogens is 322 g/mol. The number of quaternary nitrogens is 1. The first-order valence-corrected chi connectivity index (χ1v) is 9.65. The fourth-order valence-corrected chi connectivity index (χ4v) is 4.11. The van der Waals surface area contributed by atoms with Crippen LogP contribution in [0.15, 0.2) is 42.6 Å². The molecule has 1 aromatic heterocycles. The third kappa shape index (κ3) is 4.13. The molecule has 26 heavy (non-hydrogen) atoms. The molecule has 1 saturated heterocycles. The van der Waals surface area contributed by atoms with Crippen molar-refractivity contribution in [3.63, 3.8) is 0 Å². The van der Waals surface area contributed by atoms with Crippen LogP contribution in [0.25, 0.3) is 0 Å². The van der Waals surface area contributed by atoms with Gasteiger partial charge in [0.05, 0.1) is 19.6 Å². The lowest BCUT2D eigenvalue weighted by Crippen LogP contribution is -2.56. The Bertz CT molecular complexity index is 729. The smallest absolute Gasteiger partial charge is 0.279 e. The number of nitrogens with zero attached hydrogens (tertiary/aromatic N) is 2. The van der Waals surface area contributed by atoms with E-state index in [1.807, 2.05) is 44.3 Å². The number of benzene rings is 1. The van der Waals surface area contributed by atoms with Gasteiger partial charge in [-0.15, -0.1) is 0 Å². The average Bonchev–Trinajstić information content (AvgIpc) is 2.66. The number of amides is 1. The highest BCUT2D eigenvalue weighted by Crippen LogP contribution is 2.30. The van der Waals surface area contributed by atoms with Gasteiger partial charge in [0.15, 0.2) is 6.54 Å². The van der Waals surface area contributed by atoms with Gasteiger partial charge < -0.3 is 9.80 Å². The van der Waals surface area contributed by atoms with Crippen LogP contribution in [0, 0.1) is 13.8 Å². The van der Waals surface area contributed by atoms with Gasteiger partial charge >= 0.3 is 0 Å². The van der Waals surface area contributed by atoms with Gasteiger partial charge in [0.2, 0.25) is 0 Å². The lowest BCUT2D eigenvalue weighted by atomic mass is 9.91. The number of rotatable bonds is 5. The minimum Gasteiger partial charge on any atom is -0.321 e. The van der Waals surface area contributed by atoms with Gasteiger partial charge in [-0.05, 0) is 44.0 Å². The molecule has 1 aromatic carbocycles. The lowest BCUT2D eigenvalue weighted by molar-refractivity contribution is -0.923. The van der Waals surface area contributed by atoms with Crippen molar-refractivity contribution in [2.45, 2.75) is 39.5 Å². The van der Waals surface area contributed by atoms with Crippen LogP contribution < -0.4 is 5.32 Å². The van der Waals surface area contributed by atoms with Crippen molar-refractivity contribution < 1.29 is 9.28 Å². The molecule has 4 heteroatoms. The summed E-state index contributed by atoms with van der Waals surface area (Å²) in [4.78, 5) is 17.3. The van der Waals surface area contributed by atoms with Crippen molar-refractivity contribution >= 4 is 11.6 Å². The normalized spacial score (nSPS) is 22.8. The lowest BCUT2D eigenvalue weighted by Gasteiger charge is -2.42. The standard InChI is InChI=1S/C22H29N3O/c1-4-25(14-11-19(12-15-25)20-10-5-6-13-23-20)16-21(26)24-22-17(2)8-7-9-18(22)3/h5-10,13,19H,4,11-12,14-16H2,1-3H3/p+1. The number of aromatic nitrogens is 1. The predicted octanol–water partition coefficient (Wildman–Crippen LogP) is 4.05. The van der Waals surface area contributed by atoms with E-state index in [2.05, 4.69) is 29.4 Å². The number of carbonyl (C=O) groups is 1. The summed E-state index contributed by atoms with van der Waals surface area (Å²) < 4.78 is 0.875. The molecule has 1 amide bonds. The minimum atomic E-state index is 0.125. The van der Waals surface area contributed by atoms with E-state index in [9.17, 15) is 4.79 Å². The number of likely N-dealkylation sites (tertiary alicyclic amines) is 1. The molecule has 2 aromatic rings. The van der Waals surface area contributed by atoms with Crippen molar-refractivity contribution in [1.82, 2.24) is 4.98 Å². The van der Waals surface area contributed by atoms with Crippen molar-refractivity contribution in [1.29, 1.82) is 0 Å². The van der Waals surface area contributed by atoms with Crippen molar-refractivity contribution in [3.8, 4) is 0 Å². The Labute approximate surface area is 156 Å². The summed E-state index contributed by atoms with van der Waals surface area (Å²) in [5.74, 6) is 0.649. The van der Waals surface area contributed by atoms with E-state index in [1.165, 1.54) is 5.69 Å². The first kappa shape index (κ1) is 18.6. The summed E-state index contributed by atoms with van der Waals surface area (Å²) >= 11 is 0. The maximum absolute atomic E-state index is 12.8. The monoisotopic (exact) mass is 352 g/mol. The molecule has 2 heterocycles. The molecule has 0 aliphatic carbocycles. The Morgan fingerprint density at radius 2 is 1.81 bits per heavy atom. The van der Waals surface area contributed by atoms with Crippen LogP contribution in [0.1, 0.15) is 42.5 Å². The number of pyridine rings is 1. The minimum absolute atomic E-state index is 0.125. The number of anilines is 1. The number of aryl methyl sites for hydroxylation is 2. The van der Waals surface area contributed by atoms with Gasteiger partial charge in [-0.1, -0.05) is 24.3 Å². The summed E-state index contributed by atoms with van der Waals surface area (Å²) in [6.07, 6.45) is 4.08. The highest BCUT2D eigenvalue weighted by atomic mass is 16.2.